The average Bonchev–Trinajstić information content (AvgIpc) is 2.59. The molecule has 0 aliphatic heterocycles. The van der Waals surface area contributed by atoms with Gasteiger partial charge in [-0.3, -0.25) is 4.79 Å². The van der Waals surface area contributed by atoms with Crippen molar-refractivity contribution >= 4 is 17.3 Å². The molecule has 0 saturated heterocycles. The molecule has 2 aromatic carbocycles. The van der Waals surface area contributed by atoms with E-state index in [9.17, 15) is 18.0 Å². The number of amides is 1. The molecule has 130 valence electrons. The van der Waals surface area contributed by atoms with Gasteiger partial charge in [0.1, 0.15) is 0 Å². The van der Waals surface area contributed by atoms with Crippen molar-refractivity contribution in [1.82, 2.24) is 0 Å². The van der Waals surface area contributed by atoms with E-state index < -0.39 is 11.7 Å². The molecule has 0 heterocycles. The van der Waals surface area contributed by atoms with Crippen LogP contribution in [0.2, 0.25) is 0 Å². The Morgan fingerprint density at radius 3 is 2.28 bits per heavy atom. The second-order valence-corrected chi connectivity index (χ2v) is 5.29. The summed E-state index contributed by atoms with van der Waals surface area (Å²) in [5.41, 5.74) is 0.303. The van der Waals surface area contributed by atoms with Crippen LogP contribution in [0.15, 0.2) is 54.6 Å². The summed E-state index contributed by atoms with van der Waals surface area (Å²) in [5.74, 6) is -0.374. The number of anilines is 2. The summed E-state index contributed by atoms with van der Waals surface area (Å²) in [5, 5.41) is 11.3. The Morgan fingerprint density at radius 1 is 1.08 bits per heavy atom. The number of nitrogens with zero attached hydrogens (tertiary/aromatic N) is 2. The van der Waals surface area contributed by atoms with Gasteiger partial charge in [-0.25, -0.2) is 0 Å². The van der Waals surface area contributed by atoms with Gasteiger partial charge >= 0.3 is 6.18 Å². The van der Waals surface area contributed by atoms with Crippen molar-refractivity contribution in [3.63, 3.8) is 0 Å². The number of carbonyl (C=O) groups excluding carboxylic acids is 1. The largest absolute Gasteiger partial charge is 0.416 e. The van der Waals surface area contributed by atoms with Crippen LogP contribution in [0, 0.1) is 11.3 Å². The molecule has 7 heteroatoms. The molecule has 1 N–H and O–H groups in total. The van der Waals surface area contributed by atoms with Crippen molar-refractivity contribution in [2.45, 2.75) is 12.6 Å². The summed E-state index contributed by atoms with van der Waals surface area (Å²) in [7, 11) is 0. The molecular weight excluding hydrogens is 331 g/mol. The van der Waals surface area contributed by atoms with Gasteiger partial charge in [0.05, 0.1) is 24.6 Å². The molecule has 0 aromatic heterocycles. The Hall–Kier alpha value is -3.01. The number of rotatable bonds is 6. The summed E-state index contributed by atoms with van der Waals surface area (Å²) in [6.07, 6.45) is -4.16. The zero-order valence-electron chi connectivity index (χ0n) is 13.3. The van der Waals surface area contributed by atoms with Gasteiger partial charge in [-0.05, 0) is 36.4 Å². The lowest BCUT2D eigenvalue weighted by atomic mass is 10.2. The van der Waals surface area contributed by atoms with Crippen LogP contribution in [-0.4, -0.2) is 19.0 Å². The Balaban J connectivity index is 2.02. The Labute approximate surface area is 143 Å². The topological polar surface area (TPSA) is 56.1 Å². The summed E-state index contributed by atoms with van der Waals surface area (Å²) < 4.78 is 37.6. The van der Waals surface area contributed by atoms with Crippen molar-refractivity contribution in [1.29, 1.82) is 5.26 Å². The molecule has 0 unspecified atom stereocenters. The zero-order valence-corrected chi connectivity index (χ0v) is 13.3. The van der Waals surface area contributed by atoms with Crippen LogP contribution in [0.25, 0.3) is 0 Å². The minimum absolute atomic E-state index is 0.00723. The van der Waals surface area contributed by atoms with Gasteiger partial charge in [0.25, 0.3) is 0 Å². The summed E-state index contributed by atoms with van der Waals surface area (Å²) in [6, 6.07) is 15.4. The highest BCUT2D eigenvalue weighted by Crippen LogP contribution is 2.29. The molecule has 0 atom stereocenters. The zero-order chi connectivity index (χ0) is 18.3. The number of carbonyl (C=O) groups is 1. The third kappa shape index (κ3) is 5.53. The highest BCUT2D eigenvalue weighted by atomic mass is 19.4. The number of benzene rings is 2. The van der Waals surface area contributed by atoms with E-state index in [-0.39, 0.29) is 24.6 Å². The summed E-state index contributed by atoms with van der Waals surface area (Å²) >= 11 is 0. The molecule has 0 spiro atoms. The molecule has 0 radical (unpaired) electrons. The minimum Gasteiger partial charge on any atom is -0.361 e. The van der Waals surface area contributed by atoms with Crippen LogP contribution >= 0.6 is 0 Å². The molecular formula is C18H16F3N3O. The first-order valence-electron chi connectivity index (χ1n) is 7.54. The van der Waals surface area contributed by atoms with Gasteiger partial charge < -0.3 is 10.2 Å². The van der Waals surface area contributed by atoms with E-state index in [1.54, 1.807) is 4.90 Å². The second kappa shape index (κ2) is 8.20. The van der Waals surface area contributed by atoms with Crippen LogP contribution < -0.4 is 10.2 Å². The van der Waals surface area contributed by atoms with E-state index in [2.05, 4.69) is 5.32 Å². The molecule has 2 rings (SSSR count). The molecule has 0 fully saturated rings. The maximum atomic E-state index is 12.5. The smallest absolute Gasteiger partial charge is 0.361 e. The first-order chi connectivity index (χ1) is 11.9. The predicted molar refractivity (Wildman–Crippen MR) is 89.0 cm³/mol. The standard InChI is InChI=1S/C18H16F3N3O/c19-18(20,21)14-7-9-15(10-8-14)23-17(25)13-24(12-4-11-22)16-5-2-1-3-6-16/h1-3,5-10H,4,12-13H2,(H,23,25). The quantitative estimate of drug-likeness (QED) is 0.857. The molecule has 1 amide bonds. The third-order valence-electron chi connectivity index (χ3n) is 3.45. The molecule has 25 heavy (non-hydrogen) atoms. The van der Waals surface area contributed by atoms with Crippen molar-refractivity contribution in [3.05, 3.63) is 60.2 Å². The number of nitriles is 1. The van der Waals surface area contributed by atoms with Crippen LogP contribution in [0.1, 0.15) is 12.0 Å². The van der Waals surface area contributed by atoms with Crippen LogP contribution in [0.5, 0.6) is 0 Å². The molecule has 4 nitrogen and oxygen atoms in total. The van der Waals surface area contributed by atoms with E-state index in [1.807, 2.05) is 36.4 Å². The fourth-order valence-electron chi connectivity index (χ4n) is 2.24. The summed E-state index contributed by atoms with van der Waals surface area (Å²) in [6.45, 7) is 0.369. The van der Waals surface area contributed by atoms with Crippen molar-refractivity contribution in [2.75, 3.05) is 23.3 Å². The van der Waals surface area contributed by atoms with Crippen LogP contribution in [0.3, 0.4) is 0 Å². The van der Waals surface area contributed by atoms with E-state index in [4.69, 9.17) is 5.26 Å². The number of hydrogen-bond acceptors (Lipinski definition) is 3. The van der Waals surface area contributed by atoms with E-state index in [0.29, 0.717) is 6.54 Å². The molecule has 0 bridgehead atoms. The first kappa shape index (κ1) is 18.3. The van der Waals surface area contributed by atoms with E-state index >= 15 is 0 Å². The predicted octanol–water partition coefficient (Wildman–Crippen LogP) is 4.06. The van der Waals surface area contributed by atoms with Crippen LogP contribution in [-0.2, 0) is 11.0 Å². The maximum Gasteiger partial charge on any atom is 0.416 e. The maximum absolute atomic E-state index is 12.5. The number of halogens is 3. The third-order valence-corrected chi connectivity index (χ3v) is 3.45. The van der Waals surface area contributed by atoms with Gasteiger partial charge in [-0.15, -0.1) is 0 Å². The fourth-order valence-corrected chi connectivity index (χ4v) is 2.24. The Morgan fingerprint density at radius 2 is 1.72 bits per heavy atom. The van der Waals surface area contributed by atoms with Gasteiger partial charge in [0.2, 0.25) is 5.91 Å². The normalized spacial score (nSPS) is 10.8. The first-order valence-corrected chi connectivity index (χ1v) is 7.54. The fraction of sp³-hybridized carbons (Fsp3) is 0.222. The number of alkyl halides is 3. The lowest BCUT2D eigenvalue weighted by Gasteiger charge is -2.23. The molecule has 0 aliphatic carbocycles. The van der Waals surface area contributed by atoms with E-state index in [0.717, 1.165) is 17.8 Å². The van der Waals surface area contributed by atoms with Gasteiger partial charge in [0, 0.05) is 17.9 Å². The highest BCUT2D eigenvalue weighted by Gasteiger charge is 2.30. The lowest BCUT2D eigenvalue weighted by molar-refractivity contribution is -0.137. The average molecular weight is 347 g/mol. The number of nitrogens with one attached hydrogen (secondary N) is 1. The van der Waals surface area contributed by atoms with Gasteiger partial charge in [-0.1, -0.05) is 18.2 Å². The SMILES string of the molecule is N#CCCN(CC(=O)Nc1ccc(C(F)(F)F)cc1)c1ccccc1. The minimum atomic E-state index is -4.41. The summed E-state index contributed by atoms with van der Waals surface area (Å²) in [4.78, 5) is 13.9. The molecule has 2 aromatic rings. The van der Waals surface area contributed by atoms with Crippen molar-refractivity contribution < 1.29 is 18.0 Å². The Bertz CT molecular complexity index is 737. The second-order valence-electron chi connectivity index (χ2n) is 5.29. The molecule has 0 aliphatic rings. The van der Waals surface area contributed by atoms with Crippen molar-refractivity contribution in [2.24, 2.45) is 0 Å². The van der Waals surface area contributed by atoms with Crippen molar-refractivity contribution in [3.8, 4) is 6.07 Å². The highest BCUT2D eigenvalue weighted by molar-refractivity contribution is 5.94. The monoisotopic (exact) mass is 347 g/mol. The number of hydrogen-bond donors (Lipinski definition) is 1. The Kier molecular flexibility index (Phi) is 6.01. The number of para-hydroxylation sites is 1. The van der Waals surface area contributed by atoms with Crippen LogP contribution in [0.4, 0.5) is 24.5 Å². The lowest BCUT2D eigenvalue weighted by Crippen LogP contribution is -2.34. The van der Waals surface area contributed by atoms with Gasteiger partial charge in [0.15, 0.2) is 0 Å². The van der Waals surface area contributed by atoms with E-state index in [1.165, 1.54) is 12.1 Å². The van der Waals surface area contributed by atoms with Gasteiger partial charge in [-0.2, -0.15) is 18.4 Å². The molecule has 0 saturated carbocycles.